The van der Waals surface area contributed by atoms with E-state index in [4.69, 9.17) is 16.3 Å². The van der Waals surface area contributed by atoms with Crippen molar-refractivity contribution in [3.8, 4) is 11.6 Å². The van der Waals surface area contributed by atoms with Crippen LogP contribution in [0.5, 0.6) is 11.6 Å². The number of rotatable bonds is 4. The van der Waals surface area contributed by atoms with Crippen molar-refractivity contribution in [2.75, 3.05) is 0 Å². The predicted octanol–water partition coefficient (Wildman–Crippen LogP) is 4.99. The summed E-state index contributed by atoms with van der Waals surface area (Å²) in [6.07, 6.45) is 1.95. The third-order valence-electron chi connectivity index (χ3n) is 3.47. The highest BCUT2D eigenvalue weighted by atomic mass is 35.5. The molecular weight excluding hydrogens is 284 g/mol. The Labute approximate surface area is 129 Å². The van der Waals surface area contributed by atoms with Gasteiger partial charge >= 0.3 is 0 Å². The third-order valence-corrected chi connectivity index (χ3v) is 3.72. The summed E-state index contributed by atoms with van der Waals surface area (Å²) in [6, 6.07) is 13.9. The molecule has 3 rings (SSSR count). The minimum atomic E-state index is 0.352. The van der Waals surface area contributed by atoms with Crippen LogP contribution in [0.15, 0.2) is 48.7 Å². The largest absolute Gasteiger partial charge is 0.437 e. The fourth-order valence-electron chi connectivity index (χ4n) is 2.38. The van der Waals surface area contributed by atoms with Crippen LogP contribution in [0.3, 0.4) is 0 Å². The summed E-state index contributed by atoms with van der Waals surface area (Å²) in [5.41, 5.74) is 2.87. The lowest BCUT2D eigenvalue weighted by Gasteiger charge is -2.12. The average molecular weight is 301 g/mol. The highest BCUT2D eigenvalue weighted by molar-refractivity contribution is 6.17. The molecule has 0 saturated carbocycles. The predicted molar refractivity (Wildman–Crippen MR) is 85.4 cm³/mol. The molecule has 0 bridgehead atoms. The first-order valence-corrected chi connectivity index (χ1v) is 7.53. The maximum Gasteiger partial charge on any atom is 0.242 e. The Morgan fingerprint density at radius 1 is 1.14 bits per heavy atom. The van der Waals surface area contributed by atoms with Gasteiger partial charge in [0.2, 0.25) is 5.88 Å². The molecule has 0 saturated heterocycles. The van der Waals surface area contributed by atoms with Crippen molar-refractivity contribution in [1.82, 2.24) is 9.38 Å². The zero-order chi connectivity index (χ0) is 14.8. The molecule has 4 heteroatoms. The standard InChI is InChI=1S/C17H17ClN2O/c1-12(2)13-7-3-4-8-15(13)21-17-14(11-18)20-10-6-5-9-16(20)19-17/h3-10,12H,11H2,1-2H3. The number of hydrogen-bond acceptors (Lipinski definition) is 2. The van der Waals surface area contributed by atoms with Crippen LogP contribution in [-0.2, 0) is 5.88 Å². The van der Waals surface area contributed by atoms with Crippen molar-refractivity contribution in [3.63, 3.8) is 0 Å². The van der Waals surface area contributed by atoms with Gasteiger partial charge in [0, 0.05) is 6.20 Å². The Balaban J connectivity index is 2.06. The number of pyridine rings is 1. The third kappa shape index (κ3) is 2.61. The van der Waals surface area contributed by atoms with Crippen molar-refractivity contribution in [1.29, 1.82) is 0 Å². The molecular formula is C17H17ClN2O. The molecule has 3 aromatic rings. The zero-order valence-electron chi connectivity index (χ0n) is 12.1. The van der Waals surface area contributed by atoms with Crippen molar-refractivity contribution in [3.05, 3.63) is 59.9 Å². The number of nitrogens with zero attached hydrogens (tertiary/aromatic N) is 2. The number of halogens is 1. The fourth-order valence-corrected chi connectivity index (χ4v) is 2.63. The maximum atomic E-state index is 6.08. The van der Waals surface area contributed by atoms with E-state index in [-0.39, 0.29) is 0 Å². The zero-order valence-corrected chi connectivity index (χ0v) is 12.8. The topological polar surface area (TPSA) is 26.5 Å². The minimum Gasteiger partial charge on any atom is -0.437 e. The Morgan fingerprint density at radius 2 is 1.90 bits per heavy atom. The van der Waals surface area contributed by atoms with E-state index in [1.807, 2.05) is 47.0 Å². The van der Waals surface area contributed by atoms with Gasteiger partial charge in [0.15, 0.2) is 0 Å². The summed E-state index contributed by atoms with van der Waals surface area (Å²) in [5, 5.41) is 0. The molecule has 2 heterocycles. The first-order valence-electron chi connectivity index (χ1n) is 6.99. The Morgan fingerprint density at radius 3 is 2.67 bits per heavy atom. The molecule has 0 N–H and O–H groups in total. The first-order chi connectivity index (χ1) is 10.2. The van der Waals surface area contributed by atoms with Crippen LogP contribution < -0.4 is 4.74 Å². The van der Waals surface area contributed by atoms with Gasteiger partial charge in [-0.3, -0.25) is 4.40 Å². The van der Waals surface area contributed by atoms with Crippen molar-refractivity contribution < 1.29 is 4.74 Å². The van der Waals surface area contributed by atoms with Crippen molar-refractivity contribution in [2.45, 2.75) is 25.6 Å². The Hall–Kier alpha value is -2.00. The number of fused-ring (bicyclic) bond motifs is 1. The molecule has 1 aromatic carbocycles. The van der Waals surface area contributed by atoms with E-state index in [0.29, 0.717) is 17.7 Å². The molecule has 0 aliphatic carbocycles. The maximum absolute atomic E-state index is 6.08. The SMILES string of the molecule is CC(C)c1ccccc1Oc1nc2ccccn2c1CCl. The van der Waals surface area contributed by atoms with Crippen LogP contribution in [0, 0.1) is 0 Å². The number of aromatic nitrogens is 2. The number of ether oxygens (including phenoxy) is 1. The molecule has 2 aromatic heterocycles. The van der Waals surface area contributed by atoms with Crippen LogP contribution in [0.4, 0.5) is 0 Å². The normalized spacial score (nSPS) is 11.2. The van der Waals surface area contributed by atoms with Gasteiger partial charge in [-0.15, -0.1) is 11.6 Å². The number of para-hydroxylation sites is 1. The van der Waals surface area contributed by atoms with Crippen LogP contribution in [0.25, 0.3) is 5.65 Å². The number of hydrogen-bond donors (Lipinski definition) is 0. The van der Waals surface area contributed by atoms with E-state index >= 15 is 0 Å². The van der Waals surface area contributed by atoms with Gasteiger partial charge in [0.1, 0.15) is 17.1 Å². The van der Waals surface area contributed by atoms with Crippen LogP contribution in [0.2, 0.25) is 0 Å². The molecule has 108 valence electrons. The van der Waals surface area contributed by atoms with E-state index in [0.717, 1.165) is 22.7 Å². The van der Waals surface area contributed by atoms with Crippen LogP contribution in [-0.4, -0.2) is 9.38 Å². The molecule has 3 nitrogen and oxygen atoms in total. The van der Waals surface area contributed by atoms with E-state index in [9.17, 15) is 0 Å². The van der Waals surface area contributed by atoms with E-state index in [1.54, 1.807) is 0 Å². The van der Waals surface area contributed by atoms with Crippen LogP contribution in [0.1, 0.15) is 31.0 Å². The average Bonchev–Trinajstić information content (AvgIpc) is 2.84. The highest BCUT2D eigenvalue weighted by Gasteiger charge is 2.15. The van der Waals surface area contributed by atoms with E-state index in [1.165, 1.54) is 0 Å². The lowest BCUT2D eigenvalue weighted by atomic mass is 10.0. The van der Waals surface area contributed by atoms with Gasteiger partial charge in [0.25, 0.3) is 0 Å². The molecule has 0 aliphatic heterocycles. The van der Waals surface area contributed by atoms with Gasteiger partial charge in [-0.05, 0) is 29.7 Å². The van der Waals surface area contributed by atoms with Gasteiger partial charge < -0.3 is 4.74 Å². The first kappa shape index (κ1) is 14.0. The summed E-state index contributed by atoms with van der Waals surface area (Å²) in [7, 11) is 0. The van der Waals surface area contributed by atoms with Gasteiger partial charge in [0.05, 0.1) is 5.88 Å². The Kier molecular flexibility index (Phi) is 3.84. The second-order valence-corrected chi connectivity index (χ2v) is 5.49. The van der Waals surface area contributed by atoms with Crippen molar-refractivity contribution >= 4 is 17.2 Å². The van der Waals surface area contributed by atoms with Gasteiger partial charge in [-0.1, -0.05) is 38.1 Å². The summed E-state index contributed by atoms with van der Waals surface area (Å²) in [5.74, 6) is 2.15. The molecule has 0 unspecified atom stereocenters. The fraction of sp³-hybridized carbons (Fsp3) is 0.235. The Bertz CT molecular complexity index is 764. The number of alkyl halides is 1. The highest BCUT2D eigenvalue weighted by Crippen LogP contribution is 2.32. The summed E-state index contributed by atoms with van der Waals surface area (Å²) in [4.78, 5) is 4.54. The molecule has 21 heavy (non-hydrogen) atoms. The molecule has 0 fully saturated rings. The lowest BCUT2D eigenvalue weighted by Crippen LogP contribution is -1.96. The summed E-state index contributed by atoms with van der Waals surface area (Å²) < 4.78 is 8.02. The molecule has 0 radical (unpaired) electrons. The number of imidazole rings is 1. The summed E-state index contributed by atoms with van der Waals surface area (Å²) >= 11 is 6.08. The monoisotopic (exact) mass is 300 g/mol. The van der Waals surface area contributed by atoms with Crippen LogP contribution >= 0.6 is 11.6 Å². The quantitative estimate of drug-likeness (QED) is 0.635. The van der Waals surface area contributed by atoms with E-state index < -0.39 is 0 Å². The van der Waals surface area contributed by atoms with Gasteiger partial charge in [-0.2, -0.15) is 4.98 Å². The second kappa shape index (κ2) is 5.78. The van der Waals surface area contributed by atoms with Crippen molar-refractivity contribution in [2.24, 2.45) is 0 Å². The smallest absolute Gasteiger partial charge is 0.242 e. The number of benzene rings is 1. The minimum absolute atomic E-state index is 0.352. The van der Waals surface area contributed by atoms with Gasteiger partial charge in [-0.25, -0.2) is 0 Å². The second-order valence-electron chi connectivity index (χ2n) is 5.22. The lowest BCUT2D eigenvalue weighted by molar-refractivity contribution is 0.453. The molecule has 0 amide bonds. The van der Waals surface area contributed by atoms with E-state index in [2.05, 4.69) is 24.9 Å². The molecule has 0 aliphatic rings. The molecule has 0 atom stereocenters. The molecule has 0 spiro atoms. The summed E-state index contributed by atoms with van der Waals surface area (Å²) in [6.45, 7) is 4.29.